The van der Waals surface area contributed by atoms with Crippen molar-refractivity contribution in [1.29, 1.82) is 0 Å². The maximum absolute atomic E-state index is 12.7. The van der Waals surface area contributed by atoms with Crippen LogP contribution in [-0.2, 0) is 19.4 Å². The monoisotopic (exact) mass is 964 g/mol. The van der Waals surface area contributed by atoms with Gasteiger partial charge in [-0.15, -0.1) is 0 Å². The number of carboxylic acids is 2. The Morgan fingerprint density at radius 3 is 1.20 bits per heavy atom. The van der Waals surface area contributed by atoms with E-state index in [0.29, 0.717) is 31.2 Å². The molecule has 16 heteroatoms. The smallest absolute Gasteiger partial charge is 0.481 e. The number of carbonyl (C=O) groups is 4. The first-order chi connectivity index (χ1) is 23.3. The normalized spacial score (nSPS) is 17.2. The molecule has 8 nitrogen and oxygen atoms in total. The minimum absolute atomic E-state index is 0.0466. The predicted octanol–water partition coefficient (Wildman–Crippen LogP) is 9.27. The van der Waals surface area contributed by atoms with Crippen molar-refractivity contribution in [2.45, 2.75) is 29.2 Å². The summed E-state index contributed by atoms with van der Waals surface area (Å²) in [4.78, 5) is 49.0. The second-order valence-corrected chi connectivity index (χ2v) is 16.4. The van der Waals surface area contributed by atoms with E-state index in [1.54, 1.807) is 48.5 Å². The highest BCUT2D eigenvalue weighted by Crippen LogP contribution is 2.55. The molecule has 0 fully saturated rings. The van der Waals surface area contributed by atoms with Gasteiger partial charge in [-0.25, -0.2) is 8.42 Å². The van der Waals surface area contributed by atoms with Crippen molar-refractivity contribution in [2.75, 3.05) is 6.26 Å². The van der Waals surface area contributed by atoms with Crippen LogP contribution >= 0.6 is 63.7 Å². The lowest BCUT2D eigenvalue weighted by Gasteiger charge is -2.23. The summed E-state index contributed by atoms with van der Waals surface area (Å²) in [6.07, 6.45) is 0.118. The van der Waals surface area contributed by atoms with Crippen LogP contribution in [0.3, 0.4) is 0 Å². The van der Waals surface area contributed by atoms with Gasteiger partial charge in [-0.3, -0.25) is 19.2 Å². The molecule has 2 aliphatic rings. The first-order valence-corrected chi connectivity index (χ1v) is 19.2. The average Bonchev–Trinajstić information content (AvgIpc) is 3.49. The van der Waals surface area contributed by atoms with Gasteiger partial charge < -0.3 is 10.2 Å². The van der Waals surface area contributed by atoms with E-state index in [1.165, 1.54) is 0 Å². The zero-order valence-electron chi connectivity index (χ0n) is 25.3. The van der Waals surface area contributed by atoms with E-state index in [0.717, 1.165) is 20.1 Å². The van der Waals surface area contributed by atoms with E-state index in [1.807, 2.05) is 36.4 Å². The van der Waals surface area contributed by atoms with Crippen LogP contribution in [0.2, 0.25) is 0 Å². The second-order valence-electron chi connectivity index (χ2n) is 11.0. The summed E-state index contributed by atoms with van der Waals surface area (Å²) >= 11 is 13.6. The molecule has 4 unspecified atom stereocenters. The number of aliphatic carboxylic acids is 2. The van der Waals surface area contributed by atoms with Crippen LogP contribution < -0.4 is 0 Å². The third-order valence-electron chi connectivity index (χ3n) is 7.92. The van der Waals surface area contributed by atoms with Gasteiger partial charge in [-0.2, -0.15) is 13.2 Å². The highest BCUT2D eigenvalue weighted by molar-refractivity contribution is 9.11. The van der Waals surface area contributed by atoms with Gasteiger partial charge in [0.15, 0.2) is 11.6 Å². The number of ketones is 2. The summed E-state index contributed by atoms with van der Waals surface area (Å²) in [5.41, 5.74) is -1.21. The van der Waals surface area contributed by atoms with Crippen molar-refractivity contribution in [3.8, 4) is 0 Å². The quantitative estimate of drug-likeness (QED) is 0.202. The fourth-order valence-corrected chi connectivity index (χ4v) is 8.02. The lowest BCUT2D eigenvalue weighted by Crippen LogP contribution is -2.27. The minimum atomic E-state index is -5.09. The molecule has 2 N–H and O–H groups in total. The Bertz CT molecular complexity index is 1990. The lowest BCUT2D eigenvalue weighted by molar-refractivity contribution is -0.147. The number of hydrogen-bond acceptors (Lipinski definition) is 6. The number of hydrogen-bond donors (Lipinski definition) is 2. The van der Waals surface area contributed by atoms with E-state index in [-0.39, 0.29) is 29.7 Å². The van der Waals surface area contributed by atoms with Crippen molar-refractivity contribution in [3.63, 3.8) is 0 Å². The van der Waals surface area contributed by atoms with Crippen LogP contribution in [0.5, 0.6) is 0 Å². The van der Waals surface area contributed by atoms with E-state index >= 15 is 0 Å². The molecule has 4 aromatic carbocycles. The Kier molecular flexibility index (Phi) is 12.4. The van der Waals surface area contributed by atoms with Crippen molar-refractivity contribution < 1.29 is 51.0 Å². The van der Waals surface area contributed by atoms with Gasteiger partial charge in [-0.05, 0) is 46.5 Å². The van der Waals surface area contributed by atoms with Crippen LogP contribution in [-0.4, -0.2) is 53.9 Å². The minimum Gasteiger partial charge on any atom is -0.481 e. The SMILES string of the molecule is CS(=O)(=O)C(F)(F)F.O=C(O)C(c1ccccc1Br)C(C(=O)O)c1ccccc1Br.O=C1c2cccc(Br)c2C2C(=O)c3cccc(Br)c3C12. The molecule has 0 aromatic heterocycles. The lowest BCUT2D eigenvalue weighted by atomic mass is 9.81. The van der Waals surface area contributed by atoms with Crippen LogP contribution in [0, 0.1) is 0 Å². The molecule has 0 amide bonds. The van der Waals surface area contributed by atoms with E-state index in [4.69, 9.17) is 0 Å². The number of benzene rings is 4. The van der Waals surface area contributed by atoms with Crippen molar-refractivity contribution in [1.82, 2.24) is 0 Å². The van der Waals surface area contributed by atoms with Gasteiger partial charge >= 0.3 is 17.4 Å². The number of sulfone groups is 1. The van der Waals surface area contributed by atoms with Crippen molar-refractivity contribution >= 4 is 97.1 Å². The van der Waals surface area contributed by atoms with Crippen molar-refractivity contribution in [3.05, 3.63) is 136 Å². The number of carbonyl (C=O) groups excluding carboxylic acids is 2. The second kappa shape index (κ2) is 15.6. The fraction of sp³-hybridized carbons (Fsp3) is 0.176. The van der Waals surface area contributed by atoms with Gasteiger partial charge in [0.05, 0.1) is 11.8 Å². The molecule has 262 valence electrons. The molecule has 50 heavy (non-hydrogen) atoms. The van der Waals surface area contributed by atoms with Crippen LogP contribution in [0.1, 0.15) is 66.6 Å². The molecule has 0 saturated carbocycles. The van der Waals surface area contributed by atoms with Crippen LogP contribution in [0.15, 0.2) is 103 Å². The molecule has 0 aliphatic heterocycles. The largest absolute Gasteiger partial charge is 0.497 e. The highest BCUT2D eigenvalue weighted by Gasteiger charge is 2.52. The molecular formula is C34H23Br4F3O8S. The molecule has 4 aromatic rings. The molecule has 0 radical (unpaired) electrons. The van der Waals surface area contributed by atoms with Gasteiger partial charge in [0.1, 0.15) is 11.8 Å². The first-order valence-electron chi connectivity index (χ1n) is 14.2. The molecule has 0 heterocycles. The Labute approximate surface area is 317 Å². The number of fused-ring (bicyclic) bond motifs is 5. The number of alkyl halides is 3. The average molecular weight is 968 g/mol. The topological polar surface area (TPSA) is 143 Å². The Morgan fingerprint density at radius 2 is 0.920 bits per heavy atom. The van der Waals surface area contributed by atoms with Crippen LogP contribution in [0.4, 0.5) is 13.2 Å². The Morgan fingerprint density at radius 1 is 0.620 bits per heavy atom. The molecular weight excluding hydrogens is 945 g/mol. The van der Waals surface area contributed by atoms with Gasteiger partial charge in [0.2, 0.25) is 9.84 Å². The summed E-state index contributed by atoms with van der Waals surface area (Å²) in [7, 11) is -4.84. The van der Waals surface area contributed by atoms with E-state index < -0.39 is 39.1 Å². The Hall–Kier alpha value is -3.18. The van der Waals surface area contributed by atoms with Gasteiger partial charge in [-0.1, -0.05) is 124 Å². The fourth-order valence-electron chi connectivity index (χ4n) is 5.73. The Balaban J connectivity index is 0.000000186. The van der Waals surface area contributed by atoms with Gasteiger partial charge in [0, 0.05) is 35.3 Å². The maximum atomic E-state index is 12.7. The molecule has 4 atom stereocenters. The van der Waals surface area contributed by atoms with Crippen LogP contribution in [0.25, 0.3) is 0 Å². The standard InChI is InChI=1S/C16H12Br2O4.C16H8Br2O2.C2H3F3O2S/c17-11-7-3-1-5-9(11)13(15(19)20)14(16(21)22)10-6-2-4-8-12(10)18;17-9-5-1-3-7-11(9)13-14(15(7)19)12-8(16(13)20)4-2-6-10(12)18;1-8(6,7)2(3,4)5/h1-8,13-14H,(H,19,20)(H,21,22);1-6,13-14H;1H3. The zero-order valence-corrected chi connectivity index (χ0v) is 32.5. The zero-order chi connectivity index (χ0) is 37.3. The van der Waals surface area contributed by atoms with Crippen molar-refractivity contribution in [2.24, 2.45) is 0 Å². The number of carboxylic acid groups (broad SMARTS) is 2. The summed E-state index contributed by atoms with van der Waals surface area (Å²) < 4.78 is 54.8. The summed E-state index contributed by atoms with van der Waals surface area (Å²) in [5, 5.41) is 19.2. The van der Waals surface area contributed by atoms with E-state index in [9.17, 15) is 51.0 Å². The first kappa shape index (κ1) is 39.6. The molecule has 0 spiro atoms. The number of rotatable bonds is 5. The molecule has 0 saturated heterocycles. The third-order valence-corrected chi connectivity index (χ3v) is 11.6. The molecule has 6 rings (SSSR count). The molecule has 2 aliphatic carbocycles. The maximum Gasteiger partial charge on any atom is 0.497 e. The summed E-state index contributed by atoms with van der Waals surface area (Å²) in [6.45, 7) is 0. The third kappa shape index (κ3) is 7.98. The summed E-state index contributed by atoms with van der Waals surface area (Å²) in [5.74, 6) is -5.43. The summed E-state index contributed by atoms with van der Waals surface area (Å²) in [6, 6.07) is 24.6. The highest BCUT2D eigenvalue weighted by atomic mass is 79.9. The van der Waals surface area contributed by atoms with E-state index in [2.05, 4.69) is 63.7 Å². The predicted molar refractivity (Wildman–Crippen MR) is 192 cm³/mol. The molecule has 0 bridgehead atoms. The number of halogens is 7. The van der Waals surface area contributed by atoms with Gasteiger partial charge in [0.25, 0.3) is 0 Å². The number of Topliss-reactive ketones (excluding diaryl/α,β-unsaturated/α-hetero) is 2.